The summed E-state index contributed by atoms with van der Waals surface area (Å²) in [5.74, 6) is 0.111. The quantitative estimate of drug-likeness (QED) is 0.734. The molecule has 0 aromatic rings. The fourth-order valence-corrected chi connectivity index (χ4v) is 5.33. The van der Waals surface area contributed by atoms with Crippen LogP contribution in [0.4, 0.5) is 0 Å². The lowest BCUT2D eigenvalue weighted by Crippen LogP contribution is -2.48. The summed E-state index contributed by atoms with van der Waals surface area (Å²) in [6, 6.07) is 0. The first-order valence-electron chi connectivity index (χ1n) is 7.16. The molecule has 0 aromatic heterocycles. The predicted octanol–water partition coefficient (Wildman–Crippen LogP) is 0.199. The van der Waals surface area contributed by atoms with Crippen molar-refractivity contribution in [2.75, 3.05) is 32.0 Å². The second kappa shape index (κ2) is 5.61. The summed E-state index contributed by atoms with van der Waals surface area (Å²) in [4.78, 5) is 11.3. The second-order valence-corrected chi connectivity index (χ2v) is 8.09. The molecule has 0 bridgehead atoms. The number of nitrogens with zero attached hydrogens (tertiary/aromatic N) is 1. The number of fused-ring (bicyclic) bond motifs is 1. The summed E-state index contributed by atoms with van der Waals surface area (Å²) in [6.07, 6.45) is -0.0731. The van der Waals surface area contributed by atoms with E-state index in [2.05, 4.69) is 5.32 Å². The molecule has 2 heterocycles. The third kappa shape index (κ3) is 2.84. The van der Waals surface area contributed by atoms with Crippen molar-refractivity contribution < 1.29 is 17.9 Å². The molecule has 0 amide bonds. The zero-order chi connectivity index (χ0) is 15.0. The minimum absolute atomic E-state index is 0.0731. The number of sulfonamides is 1. The first-order valence-corrected chi connectivity index (χ1v) is 8.77. The Morgan fingerprint density at radius 3 is 2.70 bits per heavy atom. The van der Waals surface area contributed by atoms with Crippen LogP contribution in [-0.4, -0.2) is 56.2 Å². The van der Waals surface area contributed by atoms with Gasteiger partial charge < -0.3 is 10.1 Å². The molecule has 2 fully saturated rings. The summed E-state index contributed by atoms with van der Waals surface area (Å²) >= 11 is 0. The summed E-state index contributed by atoms with van der Waals surface area (Å²) in [5, 5.41) is 3.32. The van der Waals surface area contributed by atoms with Gasteiger partial charge in [-0.3, -0.25) is 4.79 Å². The molecule has 2 saturated heterocycles. The molecular formula is C13H24N2O4S. The van der Waals surface area contributed by atoms with E-state index in [0.29, 0.717) is 18.4 Å². The van der Waals surface area contributed by atoms with Crippen molar-refractivity contribution in [3.63, 3.8) is 0 Å². The smallest absolute Gasteiger partial charge is 0.306 e. The molecule has 2 aliphatic heterocycles. The van der Waals surface area contributed by atoms with Gasteiger partial charge in [-0.05, 0) is 39.2 Å². The van der Waals surface area contributed by atoms with Crippen molar-refractivity contribution in [1.82, 2.24) is 9.62 Å². The van der Waals surface area contributed by atoms with Crippen LogP contribution in [-0.2, 0) is 19.6 Å². The SMILES string of the molecule is CCOC(=O)CCS(=O)(=O)N1CC2CNCC2C1(C)C. The average molecular weight is 304 g/mol. The number of carbonyl (C=O) groups is 1. The van der Waals surface area contributed by atoms with Gasteiger partial charge in [0.1, 0.15) is 0 Å². The van der Waals surface area contributed by atoms with Gasteiger partial charge in [-0.2, -0.15) is 4.31 Å². The van der Waals surface area contributed by atoms with E-state index in [9.17, 15) is 13.2 Å². The number of carbonyl (C=O) groups excluding carboxylic acids is 1. The molecule has 0 saturated carbocycles. The topological polar surface area (TPSA) is 75.7 Å². The largest absolute Gasteiger partial charge is 0.466 e. The molecule has 20 heavy (non-hydrogen) atoms. The van der Waals surface area contributed by atoms with Gasteiger partial charge in [0.15, 0.2) is 0 Å². The first-order chi connectivity index (χ1) is 9.29. The lowest BCUT2D eigenvalue weighted by Gasteiger charge is -2.34. The highest BCUT2D eigenvalue weighted by Crippen LogP contribution is 2.42. The molecule has 0 spiro atoms. The Morgan fingerprint density at radius 1 is 1.40 bits per heavy atom. The van der Waals surface area contributed by atoms with Crippen molar-refractivity contribution in [3.8, 4) is 0 Å². The van der Waals surface area contributed by atoms with Crippen LogP contribution >= 0.6 is 0 Å². The van der Waals surface area contributed by atoms with Crippen molar-refractivity contribution in [2.45, 2.75) is 32.7 Å². The third-order valence-corrected chi connectivity index (χ3v) is 6.51. The second-order valence-electron chi connectivity index (χ2n) is 6.08. The molecule has 2 unspecified atom stereocenters. The maximum atomic E-state index is 12.5. The Kier molecular flexibility index (Phi) is 4.41. The lowest BCUT2D eigenvalue weighted by atomic mass is 9.85. The highest BCUT2D eigenvalue weighted by atomic mass is 32.2. The molecule has 2 aliphatic rings. The number of hydrogen-bond donors (Lipinski definition) is 1. The normalized spacial score (nSPS) is 29.4. The van der Waals surface area contributed by atoms with Crippen LogP contribution < -0.4 is 5.32 Å². The molecule has 2 atom stereocenters. The van der Waals surface area contributed by atoms with Gasteiger partial charge in [0.25, 0.3) is 0 Å². The number of ether oxygens (including phenoxy) is 1. The maximum Gasteiger partial charge on any atom is 0.306 e. The number of nitrogens with one attached hydrogen (secondary N) is 1. The number of esters is 1. The van der Waals surface area contributed by atoms with Gasteiger partial charge in [-0.25, -0.2) is 8.42 Å². The van der Waals surface area contributed by atoms with Crippen LogP contribution in [0.25, 0.3) is 0 Å². The van der Waals surface area contributed by atoms with Crippen molar-refractivity contribution in [2.24, 2.45) is 11.8 Å². The predicted molar refractivity (Wildman–Crippen MR) is 75.7 cm³/mol. The van der Waals surface area contributed by atoms with E-state index >= 15 is 0 Å². The number of hydrogen-bond acceptors (Lipinski definition) is 5. The summed E-state index contributed by atoms with van der Waals surface area (Å²) in [7, 11) is -3.42. The first kappa shape index (κ1) is 15.7. The molecule has 7 heteroatoms. The standard InChI is InChI=1S/C13H24N2O4S/c1-4-19-12(16)5-6-20(17,18)15-9-10-7-14-8-11(10)13(15,2)3/h10-11,14H,4-9H2,1-3H3. The van der Waals surface area contributed by atoms with Crippen molar-refractivity contribution in [1.29, 1.82) is 0 Å². The Bertz CT molecular complexity index is 475. The molecule has 0 aliphatic carbocycles. The zero-order valence-electron chi connectivity index (χ0n) is 12.4. The van der Waals surface area contributed by atoms with E-state index in [1.54, 1.807) is 11.2 Å². The zero-order valence-corrected chi connectivity index (χ0v) is 13.2. The molecule has 1 N–H and O–H groups in total. The summed E-state index contributed by atoms with van der Waals surface area (Å²) in [5.41, 5.74) is -0.387. The van der Waals surface area contributed by atoms with Gasteiger partial charge in [-0.1, -0.05) is 0 Å². The van der Waals surface area contributed by atoms with Crippen molar-refractivity contribution in [3.05, 3.63) is 0 Å². The fraction of sp³-hybridized carbons (Fsp3) is 0.923. The van der Waals surface area contributed by atoms with Crippen LogP contribution in [0.2, 0.25) is 0 Å². The van der Waals surface area contributed by atoms with E-state index < -0.39 is 16.0 Å². The minimum Gasteiger partial charge on any atom is -0.466 e. The fourth-order valence-electron chi connectivity index (χ4n) is 3.41. The highest BCUT2D eigenvalue weighted by Gasteiger charge is 2.53. The summed E-state index contributed by atoms with van der Waals surface area (Å²) < 4.78 is 31.4. The van der Waals surface area contributed by atoms with Crippen LogP contribution in [0.15, 0.2) is 0 Å². The van der Waals surface area contributed by atoms with Gasteiger partial charge >= 0.3 is 5.97 Å². The lowest BCUT2D eigenvalue weighted by molar-refractivity contribution is -0.142. The Morgan fingerprint density at radius 2 is 2.10 bits per heavy atom. The van der Waals surface area contributed by atoms with Crippen LogP contribution in [0.5, 0.6) is 0 Å². The minimum atomic E-state index is -3.42. The molecule has 6 nitrogen and oxygen atoms in total. The molecule has 116 valence electrons. The Labute approximate surface area is 120 Å². The third-order valence-electron chi connectivity index (χ3n) is 4.50. The molecule has 0 radical (unpaired) electrons. The van der Waals surface area contributed by atoms with Crippen LogP contribution in [0, 0.1) is 11.8 Å². The van der Waals surface area contributed by atoms with E-state index in [0.717, 1.165) is 13.1 Å². The Hall–Kier alpha value is -0.660. The number of rotatable bonds is 5. The van der Waals surface area contributed by atoms with Gasteiger partial charge in [0.2, 0.25) is 10.0 Å². The maximum absolute atomic E-state index is 12.5. The van der Waals surface area contributed by atoms with Gasteiger partial charge in [0, 0.05) is 18.6 Å². The van der Waals surface area contributed by atoms with Crippen LogP contribution in [0.1, 0.15) is 27.2 Å². The van der Waals surface area contributed by atoms with E-state index in [1.165, 1.54) is 0 Å². The van der Waals surface area contributed by atoms with Gasteiger partial charge in [0.05, 0.1) is 18.8 Å². The highest BCUT2D eigenvalue weighted by molar-refractivity contribution is 7.89. The van der Waals surface area contributed by atoms with Crippen LogP contribution in [0.3, 0.4) is 0 Å². The monoisotopic (exact) mass is 304 g/mol. The molecular weight excluding hydrogens is 280 g/mol. The molecule has 0 aromatic carbocycles. The van der Waals surface area contributed by atoms with E-state index in [1.807, 2.05) is 13.8 Å². The van der Waals surface area contributed by atoms with E-state index in [4.69, 9.17) is 4.74 Å². The molecule has 2 rings (SSSR count). The van der Waals surface area contributed by atoms with Crippen molar-refractivity contribution >= 4 is 16.0 Å². The van der Waals surface area contributed by atoms with Gasteiger partial charge in [-0.15, -0.1) is 0 Å². The van der Waals surface area contributed by atoms with E-state index in [-0.39, 0.29) is 24.3 Å². The summed E-state index contributed by atoms with van der Waals surface area (Å²) in [6.45, 7) is 8.24. The Balaban J connectivity index is 2.05. The average Bonchev–Trinajstić information content (AvgIpc) is 2.90.